The largest absolute Gasteiger partial charge is 0.381 e. The van der Waals surface area contributed by atoms with Gasteiger partial charge in [0.15, 0.2) is 5.11 Å². The zero-order valence-corrected chi connectivity index (χ0v) is 21.2. The van der Waals surface area contributed by atoms with Gasteiger partial charge < -0.3 is 15.0 Å². The van der Waals surface area contributed by atoms with Crippen molar-refractivity contribution in [2.45, 2.75) is 19.3 Å². The molecule has 10 heteroatoms. The molecular weight excluding hydrogens is 549 g/mol. The molecular formula is C23H24IN7OS. The Kier molecular flexibility index (Phi) is 7.52. The predicted octanol–water partition coefficient (Wildman–Crippen LogP) is 3.61. The summed E-state index contributed by atoms with van der Waals surface area (Å²) in [6.45, 7) is 2.07. The molecule has 3 aromatic rings. The molecule has 1 aliphatic heterocycles. The maximum absolute atomic E-state index is 9.04. The summed E-state index contributed by atoms with van der Waals surface area (Å²) in [7, 11) is 1.94. The van der Waals surface area contributed by atoms with E-state index in [1.807, 2.05) is 17.7 Å². The van der Waals surface area contributed by atoms with Crippen LogP contribution < -0.4 is 5.73 Å². The van der Waals surface area contributed by atoms with Gasteiger partial charge in [0, 0.05) is 47.1 Å². The average molecular weight is 573 g/mol. The summed E-state index contributed by atoms with van der Waals surface area (Å²) >= 11 is 7.56. The van der Waals surface area contributed by atoms with Gasteiger partial charge in [-0.05, 0) is 71.4 Å². The van der Waals surface area contributed by atoms with Crippen molar-refractivity contribution in [3.05, 3.63) is 45.4 Å². The highest BCUT2D eigenvalue weighted by Gasteiger charge is 2.20. The third-order valence-corrected chi connectivity index (χ3v) is 6.85. The molecule has 1 fully saturated rings. The van der Waals surface area contributed by atoms with Gasteiger partial charge in [-0.2, -0.15) is 10.4 Å². The molecule has 1 aliphatic rings. The fourth-order valence-electron chi connectivity index (χ4n) is 3.84. The highest BCUT2D eigenvalue weighted by molar-refractivity contribution is 14.1. The van der Waals surface area contributed by atoms with Crippen molar-refractivity contribution in [1.29, 1.82) is 5.26 Å². The molecule has 170 valence electrons. The van der Waals surface area contributed by atoms with Crippen LogP contribution >= 0.6 is 34.8 Å². The number of benzene rings is 1. The Hall–Kier alpha value is -2.62. The number of ether oxygens (including phenoxy) is 1. The number of pyridine rings is 1. The number of aryl methyl sites for hydroxylation is 2. The van der Waals surface area contributed by atoms with Crippen molar-refractivity contribution in [3.8, 4) is 17.5 Å². The first-order valence-corrected chi connectivity index (χ1v) is 12.1. The van der Waals surface area contributed by atoms with Crippen molar-refractivity contribution in [1.82, 2.24) is 19.5 Å². The van der Waals surface area contributed by atoms with Crippen LogP contribution in [0.25, 0.3) is 22.3 Å². The van der Waals surface area contributed by atoms with Crippen molar-refractivity contribution < 1.29 is 4.74 Å². The van der Waals surface area contributed by atoms with Crippen molar-refractivity contribution in [2.75, 3.05) is 19.8 Å². The molecule has 0 saturated carbocycles. The lowest BCUT2D eigenvalue weighted by atomic mass is 10.0. The van der Waals surface area contributed by atoms with E-state index in [-0.39, 0.29) is 5.11 Å². The summed E-state index contributed by atoms with van der Waals surface area (Å²) in [5.41, 5.74) is 10.5. The lowest BCUT2D eigenvalue weighted by Crippen LogP contribution is -2.35. The Morgan fingerprint density at radius 2 is 2.33 bits per heavy atom. The number of aromatic nitrogens is 3. The Morgan fingerprint density at radius 1 is 1.48 bits per heavy atom. The number of hydrazone groups is 1. The van der Waals surface area contributed by atoms with E-state index >= 15 is 0 Å². The zero-order valence-electron chi connectivity index (χ0n) is 18.2. The van der Waals surface area contributed by atoms with Crippen molar-refractivity contribution in [2.24, 2.45) is 23.8 Å². The number of thiocarbonyl (C=S) groups is 1. The molecule has 2 aromatic heterocycles. The molecule has 1 atom stereocenters. The first-order valence-electron chi connectivity index (χ1n) is 10.6. The van der Waals surface area contributed by atoms with Crippen molar-refractivity contribution >= 4 is 57.0 Å². The molecule has 4 rings (SSSR count). The van der Waals surface area contributed by atoms with Crippen LogP contribution in [0.1, 0.15) is 24.0 Å². The average Bonchev–Trinajstić information content (AvgIpc) is 3.46. The smallest absolute Gasteiger partial charge is 0.186 e. The van der Waals surface area contributed by atoms with Crippen LogP contribution in [0.3, 0.4) is 0 Å². The van der Waals surface area contributed by atoms with Crippen LogP contribution in [-0.2, 0) is 18.2 Å². The Balaban J connectivity index is 1.78. The molecule has 1 aromatic carbocycles. The maximum Gasteiger partial charge on any atom is 0.186 e. The molecule has 8 nitrogen and oxygen atoms in total. The summed E-state index contributed by atoms with van der Waals surface area (Å²) in [4.78, 5) is 9.13. The minimum Gasteiger partial charge on any atom is -0.381 e. The molecule has 0 spiro atoms. The first-order chi connectivity index (χ1) is 16.0. The lowest BCUT2D eigenvalue weighted by Gasteiger charge is -2.20. The van der Waals surface area contributed by atoms with Gasteiger partial charge in [-0.1, -0.05) is 0 Å². The van der Waals surface area contributed by atoms with Gasteiger partial charge in [-0.15, -0.1) is 0 Å². The molecule has 3 heterocycles. The summed E-state index contributed by atoms with van der Waals surface area (Å²) in [6, 6.07) is 8.39. The number of halogens is 1. The molecule has 33 heavy (non-hydrogen) atoms. The Labute approximate surface area is 211 Å². The molecule has 0 amide bonds. The second-order valence-corrected chi connectivity index (χ2v) is 9.58. The number of rotatable bonds is 7. The number of nitrogens with zero attached hydrogens (tertiary/aromatic N) is 6. The van der Waals surface area contributed by atoms with Gasteiger partial charge in [0.2, 0.25) is 0 Å². The summed E-state index contributed by atoms with van der Waals surface area (Å²) in [5.74, 6) is 0.349. The van der Waals surface area contributed by atoms with Crippen LogP contribution in [0, 0.1) is 20.8 Å². The monoisotopic (exact) mass is 573 g/mol. The second-order valence-electron chi connectivity index (χ2n) is 8.00. The number of fused-ring (bicyclic) bond motifs is 1. The highest BCUT2D eigenvalue weighted by Crippen LogP contribution is 2.28. The minimum absolute atomic E-state index is 0.229. The zero-order chi connectivity index (χ0) is 23.4. The topological polar surface area (TPSA) is 105 Å². The SMILES string of the molecule is Cn1cncc1-c1cc(/C=N/N(CC2CCOC2)C(N)=S)c2cc(CCC#N)c(I)cc2n1. The normalized spacial score (nSPS) is 15.8. The van der Waals surface area contributed by atoms with Crippen LogP contribution in [0.15, 0.2) is 35.8 Å². The first kappa shape index (κ1) is 23.5. The van der Waals surface area contributed by atoms with Crippen molar-refractivity contribution in [3.63, 3.8) is 0 Å². The van der Waals surface area contributed by atoms with Crippen LogP contribution in [0.4, 0.5) is 0 Å². The maximum atomic E-state index is 9.04. The van der Waals surface area contributed by atoms with Gasteiger partial charge in [-0.25, -0.2) is 15.0 Å². The summed E-state index contributed by atoms with van der Waals surface area (Å²) in [5, 5.41) is 16.5. The quantitative estimate of drug-likeness (QED) is 0.199. The minimum atomic E-state index is 0.229. The van der Waals surface area contributed by atoms with Crippen LogP contribution in [-0.4, -0.2) is 50.6 Å². The number of hydrogen-bond acceptors (Lipinski definition) is 6. The second kappa shape index (κ2) is 10.5. The predicted molar refractivity (Wildman–Crippen MR) is 141 cm³/mol. The van der Waals surface area contributed by atoms with Gasteiger partial charge in [0.05, 0.1) is 48.3 Å². The van der Waals surface area contributed by atoms with E-state index in [0.29, 0.717) is 31.9 Å². The standard InChI is InChI=1S/C23H24IN7OS/c1-30-14-27-11-22(30)21-8-17(10-28-31(23(26)33)12-15-4-6-32-13-15)18-7-16(3-2-5-25)19(24)9-20(18)29-21/h7-11,14-15H,2-4,6,12-13H2,1H3,(H2,26,33)/b28-10+. The molecule has 0 bridgehead atoms. The summed E-state index contributed by atoms with van der Waals surface area (Å²) in [6.07, 6.45) is 7.46. The van der Waals surface area contributed by atoms with Gasteiger partial charge in [-0.3, -0.25) is 0 Å². The molecule has 2 N–H and O–H groups in total. The van der Waals surface area contributed by atoms with Gasteiger partial charge in [0.1, 0.15) is 0 Å². The molecule has 1 unspecified atom stereocenters. The number of imidazole rings is 1. The lowest BCUT2D eigenvalue weighted by molar-refractivity contribution is 0.180. The van der Waals surface area contributed by atoms with Crippen LogP contribution in [0.2, 0.25) is 0 Å². The fraction of sp³-hybridized carbons (Fsp3) is 0.348. The van der Waals surface area contributed by atoms with Crippen LogP contribution in [0.5, 0.6) is 0 Å². The molecule has 0 radical (unpaired) electrons. The molecule has 1 saturated heterocycles. The van der Waals surface area contributed by atoms with E-state index in [0.717, 1.165) is 50.0 Å². The number of nitriles is 1. The van der Waals surface area contributed by atoms with E-state index in [2.05, 4.69) is 50.9 Å². The highest BCUT2D eigenvalue weighted by atomic mass is 127. The Bertz CT molecular complexity index is 1240. The van der Waals surface area contributed by atoms with E-state index < -0.39 is 0 Å². The van der Waals surface area contributed by atoms with E-state index in [1.54, 1.807) is 23.7 Å². The van der Waals surface area contributed by atoms with E-state index in [1.165, 1.54) is 0 Å². The Morgan fingerprint density at radius 3 is 3.00 bits per heavy atom. The fourth-order valence-corrected chi connectivity index (χ4v) is 4.68. The van der Waals surface area contributed by atoms with E-state index in [4.69, 9.17) is 32.9 Å². The third-order valence-electron chi connectivity index (χ3n) is 5.64. The molecule has 0 aliphatic carbocycles. The number of nitrogens with two attached hydrogens (primary N) is 1. The van der Waals surface area contributed by atoms with Gasteiger partial charge in [0.25, 0.3) is 0 Å². The van der Waals surface area contributed by atoms with Gasteiger partial charge >= 0.3 is 0 Å². The number of hydrogen-bond donors (Lipinski definition) is 1. The summed E-state index contributed by atoms with van der Waals surface area (Å²) < 4.78 is 8.50. The third kappa shape index (κ3) is 5.48. The van der Waals surface area contributed by atoms with E-state index in [9.17, 15) is 0 Å².